The molecule has 90 valence electrons. The first-order valence-corrected chi connectivity index (χ1v) is 6.35. The fraction of sp³-hybridized carbons (Fsp3) is 0.0714. The van der Waals surface area contributed by atoms with Gasteiger partial charge in [-0.25, -0.2) is 4.39 Å². The highest BCUT2D eigenvalue weighted by Crippen LogP contribution is 2.21. The topological polar surface area (TPSA) is 17.8 Å². The predicted molar refractivity (Wildman–Crippen MR) is 72.9 cm³/mol. The standard InChI is InChI=1S/C14H10BrFN2/c15-12-1-2-14-11(6-12)3-4-18(14)9-10-5-13(16)8-17-7-10/h1-8H,9H2. The molecule has 0 fully saturated rings. The van der Waals surface area contributed by atoms with Crippen LogP contribution >= 0.6 is 15.9 Å². The SMILES string of the molecule is Fc1cncc(Cn2ccc3cc(Br)ccc32)c1. The average molecular weight is 305 g/mol. The summed E-state index contributed by atoms with van der Waals surface area (Å²) in [4.78, 5) is 3.86. The third-order valence-corrected chi connectivity index (χ3v) is 3.34. The maximum absolute atomic E-state index is 13.1. The van der Waals surface area contributed by atoms with Gasteiger partial charge in [-0.15, -0.1) is 0 Å². The summed E-state index contributed by atoms with van der Waals surface area (Å²) in [6, 6.07) is 9.68. The van der Waals surface area contributed by atoms with Crippen LogP contribution in [0.15, 0.2) is 53.4 Å². The van der Waals surface area contributed by atoms with E-state index in [-0.39, 0.29) is 5.82 Å². The highest BCUT2D eigenvalue weighted by Gasteiger charge is 2.03. The molecule has 0 bridgehead atoms. The quantitative estimate of drug-likeness (QED) is 0.700. The molecular weight excluding hydrogens is 295 g/mol. The molecule has 1 aromatic carbocycles. The molecule has 0 amide bonds. The van der Waals surface area contributed by atoms with Gasteiger partial charge < -0.3 is 4.57 Å². The molecule has 0 atom stereocenters. The summed E-state index contributed by atoms with van der Waals surface area (Å²) in [6.07, 6.45) is 4.91. The van der Waals surface area contributed by atoms with E-state index in [9.17, 15) is 4.39 Å². The minimum Gasteiger partial charge on any atom is -0.343 e. The second-order valence-electron chi connectivity index (χ2n) is 4.16. The third kappa shape index (κ3) is 2.16. The molecule has 0 radical (unpaired) electrons. The minimum absolute atomic E-state index is 0.299. The molecule has 18 heavy (non-hydrogen) atoms. The fourth-order valence-corrected chi connectivity index (χ4v) is 2.43. The van der Waals surface area contributed by atoms with Crippen molar-refractivity contribution in [1.29, 1.82) is 0 Å². The van der Waals surface area contributed by atoms with E-state index in [0.717, 1.165) is 20.9 Å². The van der Waals surface area contributed by atoms with E-state index < -0.39 is 0 Å². The van der Waals surface area contributed by atoms with Gasteiger partial charge in [0, 0.05) is 34.3 Å². The van der Waals surface area contributed by atoms with Crippen LogP contribution in [0.5, 0.6) is 0 Å². The van der Waals surface area contributed by atoms with Crippen LogP contribution in [0.4, 0.5) is 4.39 Å². The summed E-state index contributed by atoms with van der Waals surface area (Å²) in [5, 5.41) is 1.16. The number of rotatable bonds is 2. The molecule has 2 nitrogen and oxygen atoms in total. The highest BCUT2D eigenvalue weighted by molar-refractivity contribution is 9.10. The Bertz CT molecular complexity index is 706. The number of pyridine rings is 1. The molecule has 0 saturated heterocycles. The first-order valence-electron chi connectivity index (χ1n) is 5.56. The Labute approximate surface area is 112 Å². The number of benzene rings is 1. The third-order valence-electron chi connectivity index (χ3n) is 2.85. The number of halogens is 2. The Morgan fingerprint density at radius 1 is 1.17 bits per heavy atom. The van der Waals surface area contributed by atoms with Gasteiger partial charge >= 0.3 is 0 Å². The van der Waals surface area contributed by atoms with Crippen LogP contribution in [-0.2, 0) is 6.54 Å². The van der Waals surface area contributed by atoms with Gasteiger partial charge in [0.15, 0.2) is 0 Å². The number of aromatic nitrogens is 2. The normalized spacial score (nSPS) is 11.0. The van der Waals surface area contributed by atoms with Gasteiger partial charge in [0.25, 0.3) is 0 Å². The smallest absolute Gasteiger partial charge is 0.141 e. The van der Waals surface area contributed by atoms with Crippen molar-refractivity contribution in [3.63, 3.8) is 0 Å². The second kappa shape index (κ2) is 4.53. The van der Waals surface area contributed by atoms with Crippen LogP contribution in [0.3, 0.4) is 0 Å². The molecule has 4 heteroatoms. The molecule has 0 aliphatic rings. The van der Waals surface area contributed by atoms with Crippen molar-refractivity contribution in [3.8, 4) is 0 Å². The monoisotopic (exact) mass is 304 g/mol. The zero-order valence-electron chi connectivity index (χ0n) is 9.48. The van der Waals surface area contributed by atoms with Crippen LogP contribution in [0.2, 0.25) is 0 Å². The highest BCUT2D eigenvalue weighted by atomic mass is 79.9. The number of hydrogen-bond donors (Lipinski definition) is 0. The Morgan fingerprint density at radius 2 is 2.06 bits per heavy atom. The van der Waals surface area contributed by atoms with Gasteiger partial charge in [0.05, 0.1) is 6.20 Å². The van der Waals surface area contributed by atoms with Gasteiger partial charge in [-0.2, -0.15) is 0 Å². The van der Waals surface area contributed by atoms with Gasteiger partial charge in [0.1, 0.15) is 5.82 Å². The van der Waals surface area contributed by atoms with Gasteiger partial charge in [-0.1, -0.05) is 15.9 Å². The van der Waals surface area contributed by atoms with E-state index in [1.807, 2.05) is 24.4 Å². The molecule has 0 N–H and O–H groups in total. The zero-order chi connectivity index (χ0) is 12.5. The van der Waals surface area contributed by atoms with Gasteiger partial charge in [-0.05, 0) is 35.9 Å². The molecular formula is C14H10BrFN2. The average Bonchev–Trinajstić information content (AvgIpc) is 2.72. The lowest BCUT2D eigenvalue weighted by molar-refractivity contribution is 0.617. The van der Waals surface area contributed by atoms with Crippen molar-refractivity contribution < 1.29 is 4.39 Å². The summed E-state index contributed by atoms with van der Waals surface area (Å²) in [5.74, 6) is -0.299. The van der Waals surface area contributed by atoms with Gasteiger partial charge in [0.2, 0.25) is 0 Å². The minimum atomic E-state index is -0.299. The molecule has 2 aromatic heterocycles. The Balaban J connectivity index is 2.00. The summed E-state index contributed by atoms with van der Waals surface area (Å²) in [6.45, 7) is 0.621. The first kappa shape index (κ1) is 11.4. The number of hydrogen-bond acceptors (Lipinski definition) is 1. The lowest BCUT2D eigenvalue weighted by atomic mass is 10.2. The maximum atomic E-state index is 13.1. The maximum Gasteiger partial charge on any atom is 0.141 e. The van der Waals surface area contributed by atoms with Crippen molar-refractivity contribution in [3.05, 3.63) is 64.8 Å². The second-order valence-corrected chi connectivity index (χ2v) is 5.07. The molecule has 0 saturated carbocycles. The van der Waals surface area contributed by atoms with Crippen LogP contribution in [0.25, 0.3) is 10.9 Å². The fourth-order valence-electron chi connectivity index (χ4n) is 2.05. The molecule has 0 aliphatic carbocycles. The van der Waals surface area contributed by atoms with E-state index in [1.165, 1.54) is 12.3 Å². The predicted octanol–water partition coefficient (Wildman–Crippen LogP) is 3.99. The van der Waals surface area contributed by atoms with Gasteiger partial charge in [-0.3, -0.25) is 4.98 Å². The molecule has 3 rings (SSSR count). The Morgan fingerprint density at radius 3 is 2.89 bits per heavy atom. The summed E-state index contributed by atoms with van der Waals surface area (Å²) in [7, 11) is 0. The van der Waals surface area contributed by atoms with Crippen LogP contribution < -0.4 is 0 Å². The van der Waals surface area contributed by atoms with E-state index in [0.29, 0.717) is 6.54 Å². The van der Waals surface area contributed by atoms with Crippen molar-refractivity contribution in [2.45, 2.75) is 6.54 Å². The van der Waals surface area contributed by atoms with E-state index >= 15 is 0 Å². The Hall–Kier alpha value is -1.68. The van der Waals surface area contributed by atoms with E-state index in [1.54, 1.807) is 6.20 Å². The van der Waals surface area contributed by atoms with E-state index in [4.69, 9.17) is 0 Å². The molecule has 3 aromatic rings. The lowest BCUT2D eigenvalue weighted by Gasteiger charge is -2.05. The van der Waals surface area contributed by atoms with Crippen molar-refractivity contribution >= 4 is 26.8 Å². The van der Waals surface area contributed by atoms with Crippen molar-refractivity contribution in [1.82, 2.24) is 9.55 Å². The largest absolute Gasteiger partial charge is 0.343 e. The molecule has 0 aliphatic heterocycles. The van der Waals surface area contributed by atoms with Crippen LogP contribution in [-0.4, -0.2) is 9.55 Å². The molecule has 0 unspecified atom stereocenters. The zero-order valence-corrected chi connectivity index (χ0v) is 11.1. The van der Waals surface area contributed by atoms with Crippen LogP contribution in [0.1, 0.15) is 5.56 Å². The first-order chi connectivity index (χ1) is 8.72. The molecule has 2 heterocycles. The summed E-state index contributed by atoms with van der Waals surface area (Å²) < 4.78 is 16.2. The summed E-state index contributed by atoms with van der Waals surface area (Å²) >= 11 is 3.45. The Kier molecular flexibility index (Phi) is 2.88. The van der Waals surface area contributed by atoms with Crippen molar-refractivity contribution in [2.24, 2.45) is 0 Å². The lowest BCUT2D eigenvalue weighted by Crippen LogP contribution is -1.98. The number of fused-ring (bicyclic) bond motifs is 1. The number of nitrogens with zero attached hydrogens (tertiary/aromatic N) is 2. The van der Waals surface area contributed by atoms with Crippen molar-refractivity contribution in [2.75, 3.05) is 0 Å². The van der Waals surface area contributed by atoms with Crippen LogP contribution in [0, 0.1) is 5.82 Å². The van der Waals surface area contributed by atoms with E-state index in [2.05, 4.69) is 31.5 Å². The summed E-state index contributed by atoms with van der Waals surface area (Å²) in [5.41, 5.74) is 1.98. The molecule has 0 spiro atoms.